The summed E-state index contributed by atoms with van der Waals surface area (Å²) in [5.74, 6) is 0.694. The number of hydrogen-bond acceptors (Lipinski definition) is 2. The second-order valence-corrected chi connectivity index (χ2v) is 5.51. The molecule has 0 aliphatic carbocycles. The molecule has 0 heterocycles. The van der Waals surface area contributed by atoms with Crippen molar-refractivity contribution in [1.82, 2.24) is 4.90 Å². The number of methoxy groups -OCH3 is 1. The van der Waals surface area contributed by atoms with E-state index in [9.17, 15) is 4.79 Å². The molecule has 1 aromatic rings. The lowest BCUT2D eigenvalue weighted by molar-refractivity contribution is 0.0642. The molecule has 0 unspecified atom stereocenters. The van der Waals surface area contributed by atoms with Gasteiger partial charge in [-0.3, -0.25) is 4.79 Å². The predicted molar refractivity (Wildman–Crippen MR) is 77.1 cm³/mol. The van der Waals surface area contributed by atoms with E-state index in [0.29, 0.717) is 15.8 Å². The summed E-state index contributed by atoms with van der Waals surface area (Å²) >= 11 is 3.44. The number of benzene rings is 1. The van der Waals surface area contributed by atoms with E-state index < -0.39 is 0 Å². The van der Waals surface area contributed by atoms with Crippen molar-refractivity contribution < 1.29 is 9.53 Å². The first-order valence-electron chi connectivity index (χ1n) is 6.05. The number of halogens is 1. The van der Waals surface area contributed by atoms with E-state index in [0.717, 1.165) is 0 Å². The van der Waals surface area contributed by atoms with E-state index in [1.54, 1.807) is 7.11 Å². The molecule has 1 rings (SSSR count). The van der Waals surface area contributed by atoms with Gasteiger partial charge in [0.2, 0.25) is 0 Å². The normalized spacial score (nSPS) is 10.9. The molecule has 3 nitrogen and oxygen atoms in total. The highest BCUT2D eigenvalue weighted by Crippen LogP contribution is 2.29. The van der Waals surface area contributed by atoms with Gasteiger partial charge >= 0.3 is 0 Å². The van der Waals surface area contributed by atoms with Gasteiger partial charge < -0.3 is 9.64 Å². The summed E-state index contributed by atoms with van der Waals surface area (Å²) in [6.07, 6.45) is 0. The van der Waals surface area contributed by atoms with Crippen LogP contribution >= 0.6 is 15.9 Å². The maximum atomic E-state index is 12.6. The van der Waals surface area contributed by atoms with Gasteiger partial charge in [0.25, 0.3) is 5.91 Å². The average Bonchev–Trinajstić information content (AvgIpc) is 2.28. The molecule has 1 amide bonds. The Hall–Kier alpha value is -1.03. The molecule has 0 saturated carbocycles. The molecule has 0 spiro atoms. The van der Waals surface area contributed by atoms with Crippen molar-refractivity contribution in [1.29, 1.82) is 0 Å². The van der Waals surface area contributed by atoms with Crippen molar-refractivity contribution in [2.24, 2.45) is 0 Å². The predicted octanol–water partition coefficient (Wildman–Crippen LogP) is 3.72. The van der Waals surface area contributed by atoms with Crippen LogP contribution in [0.1, 0.15) is 38.1 Å². The van der Waals surface area contributed by atoms with Gasteiger partial charge in [-0.25, -0.2) is 0 Å². The van der Waals surface area contributed by atoms with Crippen molar-refractivity contribution >= 4 is 21.8 Å². The van der Waals surface area contributed by atoms with Crippen molar-refractivity contribution in [2.45, 2.75) is 39.8 Å². The first-order valence-corrected chi connectivity index (χ1v) is 6.84. The van der Waals surface area contributed by atoms with E-state index in [1.807, 2.05) is 50.8 Å². The molecule has 1 aromatic carbocycles. The van der Waals surface area contributed by atoms with E-state index in [2.05, 4.69) is 15.9 Å². The molecule has 4 heteroatoms. The highest BCUT2D eigenvalue weighted by atomic mass is 79.9. The Kier molecular flexibility index (Phi) is 5.20. The van der Waals surface area contributed by atoms with Gasteiger partial charge in [-0.1, -0.05) is 6.07 Å². The van der Waals surface area contributed by atoms with Crippen molar-refractivity contribution in [2.75, 3.05) is 7.11 Å². The zero-order chi connectivity index (χ0) is 13.9. The Labute approximate surface area is 117 Å². The third-order valence-corrected chi connectivity index (χ3v) is 3.58. The van der Waals surface area contributed by atoms with Crippen molar-refractivity contribution in [3.05, 3.63) is 28.2 Å². The average molecular weight is 314 g/mol. The molecule has 100 valence electrons. The largest absolute Gasteiger partial charge is 0.496 e. The van der Waals surface area contributed by atoms with Gasteiger partial charge in [0.05, 0.1) is 17.1 Å². The van der Waals surface area contributed by atoms with Crippen LogP contribution in [0, 0.1) is 0 Å². The van der Waals surface area contributed by atoms with Crippen LogP contribution in [0.15, 0.2) is 22.7 Å². The molecule has 0 saturated heterocycles. The van der Waals surface area contributed by atoms with Crippen molar-refractivity contribution in [3.63, 3.8) is 0 Å². The zero-order valence-electron chi connectivity index (χ0n) is 11.5. The maximum absolute atomic E-state index is 12.6. The van der Waals surface area contributed by atoms with Crippen LogP contribution in [0.25, 0.3) is 0 Å². The highest BCUT2D eigenvalue weighted by molar-refractivity contribution is 9.10. The summed E-state index contributed by atoms with van der Waals surface area (Å²) < 4.78 is 5.93. The zero-order valence-corrected chi connectivity index (χ0v) is 13.1. The number of rotatable bonds is 4. The van der Waals surface area contributed by atoms with Gasteiger partial charge in [0.15, 0.2) is 0 Å². The summed E-state index contributed by atoms with van der Waals surface area (Å²) in [4.78, 5) is 14.4. The van der Waals surface area contributed by atoms with Gasteiger partial charge in [-0.15, -0.1) is 0 Å². The summed E-state index contributed by atoms with van der Waals surface area (Å²) in [7, 11) is 1.59. The maximum Gasteiger partial charge on any atom is 0.255 e. The fourth-order valence-corrected chi connectivity index (χ4v) is 2.63. The molecule has 0 atom stereocenters. The second-order valence-electron chi connectivity index (χ2n) is 4.72. The van der Waals surface area contributed by atoms with Crippen LogP contribution < -0.4 is 4.74 Å². The van der Waals surface area contributed by atoms with E-state index in [-0.39, 0.29) is 18.0 Å². The lowest BCUT2D eigenvalue weighted by Gasteiger charge is -2.31. The second kappa shape index (κ2) is 6.23. The Bertz CT molecular complexity index is 422. The number of ether oxygens (including phenoxy) is 1. The fourth-order valence-electron chi connectivity index (χ4n) is 2.04. The van der Waals surface area contributed by atoms with E-state index in [4.69, 9.17) is 4.74 Å². The minimum Gasteiger partial charge on any atom is -0.496 e. The Balaban J connectivity index is 3.17. The molecule has 0 aliphatic rings. The standard InChI is InChI=1S/C14H20BrNO2/c1-9(2)16(10(3)4)14(17)11-7-6-8-12(18-5)13(11)15/h6-10H,1-5H3. The Morgan fingerprint density at radius 3 is 2.22 bits per heavy atom. The molecular weight excluding hydrogens is 294 g/mol. The molecular formula is C14H20BrNO2. The van der Waals surface area contributed by atoms with Crippen LogP contribution in [-0.4, -0.2) is 30.0 Å². The van der Waals surface area contributed by atoms with Crippen LogP contribution in [0.3, 0.4) is 0 Å². The summed E-state index contributed by atoms with van der Waals surface area (Å²) in [5, 5.41) is 0. The molecule has 0 radical (unpaired) electrons. The number of amides is 1. The molecule has 0 aliphatic heterocycles. The monoisotopic (exact) mass is 313 g/mol. The van der Waals surface area contributed by atoms with Crippen LogP contribution in [0.4, 0.5) is 0 Å². The topological polar surface area (TPSA) is 29.5 Å². The summed E-state index contributed by atoms with van der Waals surface area (Å²) in [5.41, 5.74) is 0.636. The van der Waals surface area contributed by atoms with E-state index in [1.165, 1.54) is 0 Å². The Morgan fingerprint density at radius 1 is 1.22 bits per heavy atom. The highest BCUT2D eigenvalue weighted by Gasteiger charge is 2.24. The minimum atomic E-state index is 0.0192. The van der Waals surface area contributed by atoms with Crippen LogP contribution in [-0.2, 0) is 0 Å². The van der Waals surface area contributed by atoms with Crippen molar-refractivity contribution in [3.8, 4) is 5.75 Å². The van der Waals surface area contributed by atoms with Gasteiger partial charge in [0, 0.05) is 12.1 Å². The first kappa shape index (κ1) is 15.0. The van der Waals surface area contributed by atoms with Crippen LogP contribution in [0.5, 0.6) is 5.75 Å². The molecule has 0 N–H and O–H groups in total. The smallest absolute Gasteiger partial charge is 0.255 e. The van der Waals surface area contributed by atoms with Crippen LogP contribution in [0.2, 0.25) is 0 Å². The van der Waals surface area contributed by atoms with Gasteiger partial charge in [0.1, 0.15) is 5.75 Å². The molecule has 0 bridgehead atoms. The lowest BCUT2D eigenvalue weighted by atomic mass is 10.1. The van der Waals surface area contributed by atoms with Gasteiger partial charge in [-0.05, 0) is 55.8 Å². The third kappa shape index (κ3) is 3.05. The summed E-state index contributed by atoms with van der Waals surface area (Å²) in [6.45, 7) is 8.08. The van der Waals surface area contributed by atoms with Gasteiger partial charge in [-0.2, -0.15) is 0 Å². The molecule has 0 aromatic heterocycles. The molecule has 0 fully saturated rings. The molecule has 18 heavy (non-hydrogen) atoms. The SMILES string of the molecule is COc1cccc(C(=O)N(C(C)C)C(C)C)c1Br. The van der Waals surface area contributed by atoms with E-state index >= 15 is 0 Å². The number of carbonyl (C=O) groups excluding carboxylic acids is 1. The number of carbonyl (C=O) groups is 1. The lowest BCUT2D eigenvalue weighted by Crippen LogP contribution is -2.42. The summed E-state index contributed by atoms with van der Waals surface area (Å²) in [6, 6.07) is 5.80. The fraction of sp³-hybridized carbons (Fsp3) is 0.500. The third-order valence-electron chi connectivity index (χ3n) is 2.76. The first-order chi connectivity index (χ1) is 8.40. The quantitative estimate of drug-likeness (QED) is 0.848. The number of hydrogen-bond donors (Lipinski definition) is 0. The minimum absolute atomic E-state index is 0.0192. The number of nitrogens with zero attached hydrogens (tertiary/aromatic N) is 1. The Morgan fingerprint density at radius 2 is 1.78 bits per heavy atom.